The maximum absolute atomic E-state index is 12.9. The Morgan fingerprint density at radius 3 is 2.75 bits per heavy atom. The molecule has 1 N–H and O–H groups in total. The molecule has 0 fully saturated rings. The van der Waals surface area contributed by atoms with Gasteiger partial charge in [0.25, 0.3) is 0 Å². The summed E-state index contributed by atoms with van der Waals surface area (Å²) >= 11 is 0. The summed E-state index contributed by atoms with van der Waals surface area (Å²) in [4.78, 5) is 0. The fourth-order valence-electron chi connectivity index (χ4n) is 0.993. The molecule has 1 atom stereocenters. The lowest BCUT2D eigenvalue weighted by Gasteiger charge is -2.09. The predicted molar refractivity (Wildman–Crippen MR) is 43.2 cm³/mol. The lowest BCUT2D eigenvalue weighted by molar-refractivity contribution is 0.0621. The molecule has 0 radical (unpaired) electrons. The largest absolute Gasteiger partial charge is 0.386 e. The van der Waals surface area contributed by atoms with E-state index in [-0.39, 0.29) is 12.2 Å². The molecule has 0 aliphatic rings. The van der Waals surface area contributed by atoms with Gasteiger partial charge in [-0.1, -0.05) is 18.2 Å². The average Bonchev–Trinajstić information content (AvgIpc) is 2.05. The lowest BCUT2D eigenvalue weighted by atomic mass is 10.1. The van der Waals surface area contributed by atoms with Crippen molar-refractivity contribution in [3.63, 3.8) is 0 Å². The number of aliphatic hydroxyl groups is 1. The second-order valence-electron chi connectivity index (χ2n) is 2.49. The van der Waals surface area contributed by atoms with Gasteiger partial charge in [0.05, 0.1) is 6.61 Å². The molecule has 1 rings (SSSR count). The van der Waals surface area contributed by atoms with E-state index < -0.39 is 11.9 Å². The van der Waals surface area contributed by atoms with Crippen LogP contribution in [-0.4, -0.2) is 18.8 Å². The summed E-state index contributed by atoms with van der Waals surface area (Å²) in [5.74, 6) is -0.401. The van der Waals surface area contributed by atoms with Crippen LogP contribution < -0.4 is 0 Å². The first kappa shape index (κ1) is 9.16. The quantitative estimate of drug-likeness (QED) is 0.745. The van der Waals surface area contributed by atoms with Crippen LogP contribution in [0.15, 0.2) is 24.3 Å². The third-order valence-electron chi connectivity index (χ3n) is 1.59. The summed E-state index contributed by atoms with van der Waals surface area (Å²) in [6, 6.07) is 6.11. The van der Waals surface area contributed by atoms with Crippen LogP contribution in [0, 0.1) is 5.82 Å². The SMILES string of the molecule is COC[C@@H](O)c1ccccc1F. The fraction of sp³-hybridized carbons (Fsp3) is 0.333. The Morgan fingerprint density at radius 1 is 1.50 bits per heavy atom. The van der Waals surface area contributed by atoms with Crippen molar-refractivity contribution in [3.05, 3.63) is 35.6 Å². The topological polar surface area (TPSA) is 29.5 Å². The third kappa shape index (κ3) is 2.03. The molecule has 0 saturated carbocycles. The van der Waals surface area contributed by atoms with Crippen LogP contribution in [0.2, 0.25) is 0 Å². The number of rotatable bonds is 3. The fourth-order valence-corrected chi connectivity index (χ4v) is 0.993. The van der Waals surface area contributed by atoms with Gasteiger partial charge in [-0.05, 0) is 6.07 Å². The number of benzene rings is 1. The molecule has 0 amide bonds. The van der Waals surface area contributed by atoms with E-state index in [9.17, 15) is 9.50 Å². The van der Waals surface area contributed by atoms with E-state index in [4.69, 9.17) is 4.74 Å². The summed E-state index contributed by atoms with van der Waals surface area (Å²) in [6.45, 7) is 0.112. The van der Waals surface area contributed by atoms with Crippen molar-refractivity contribution in [2.45, 2.75) is 6.10 Å². The number of methoxy groups -OCH3 is 1. The number of ether oxygens (including phenoxy) is 1. The molecule has 0 bridgehead atoms. The van der Waals surface area contributed by atoms with Crippen LogP contribution in [0.4, 0.5) is 4.39 Å². The van der Waals surface area contributed by atoms with E-state index in [1.54, 1.807) is 18.2 Å². The molecule has 0 spiro atoms. The highest BCUT2D eigenvalue weighted by Gasteiger charge is 2.10. The van der Waals surface area contributed by atoms with E-state index in [1.807, 2.05) is 0 Å². The number of hydrogen-bond donors (Lipinski definition) is 1. The van der Waals surface area contributed by atoms with Crippen molar-refractivity contribution >= 4 is 0 Å². The molecule has 0 heterocycles. The smallest absolute Gasteiger partial charge is 0.129 e. The molecule has 1 aromatic carbocycles. The van der Waals surface area contributed by atoms with Gasteiger partial charge in [0.2, 0.25) is 0 Å². The van der Waals surface area contributed by atoms with E-state index in [0.717, 1.165) is 0 Å². The summed E-state index contributed by atoms with van der Waals surface area (Å²) in [6.07, 6.45) is -0.879. The molecule has 3 heteroatoms. The van der Waals surface area contributed by atoms with Crippen LogP contribution in [0.3, 0.4) is 0 Å². The Hall–Kier alpha value is -0.930. The number of aliphatic hydroxyl groups excluding tert-OH is 1. The maximum Gasteiger partial charge on any atom is 0.129 e. The van der Waals surface area contributed by atoms with Gasteiger partial charge in [-0.15, -0.1) is 0 Å². The van der Waals surface area contributed by atoms with Gasteiger partial charge in [0, 0.05) is 12.7 Å². The minimum absolute atomic E-state index is 0.112. The molecule has 2 nitrogen and oxygen atoms in total. The molecule has 0 aliphatic heterocycles. The van der Waals surface area contributed by atoms with Crippen molar-refractivity contribution in [2.75, 3.05) is 13.7 Å². The van der Waals surface area contributed by atoms with Gasteiger partial charge in [-0.25, -0.2) is 4.39 Å². The van der Waals surface area contributed by atoms with E-state index >= 15 is 0 Å². The zero-order valence-electron chi connectivity index (χ0n) is 6.83. The second kappa shape index (κ2) is 4.18. The molecule has 0 unspecified atom stereocenters. The minimum atomic E-state index is -0.879. The zero-order chi connectivity index (χ0) is 8.97. The van der Waals surface area contributed by atoms with Crippen LogP contribution >= 0.6 is 0 Å². The molecule has 0 saturated heterocycles. The third-order valence-corrected chi connectivity index (χ3v) is 1.59. The molecular formula is C9H11FO2. The summed E-state index contributed by atoms with van der Waals surface area (Å²) in [7, 11) is 1.46. The molecular weight excluding hydrogens is 159 g/mol. The Kier molecular flexibility index (Phi) is 3.19. The van der Waals surface area contributed by atoms with Crippen molar-refractivity contribution in [1.29, 1.82) is 0 Å². The Morgan fingerprint density at radius 2 is 2.17 bits per heavy atom. The van der Waals surface area contributed by atoms with Crippen LogP contribution in [0.5, 0.6) is 0 Å². The zero-order valence-corrected chi connectivity index (χ0v) is 6.83. The van der Waals surface area contributed by atoms with Gasteiger partial charge >= 0.3 is 0 Å². The van der Waals surface area contributed by atoms with Gasteiger partial charge in [0.1, 0.15) is 11.9 Å². The van der Waals surface area contributed by atoms with Gasteiger partial charge in [0.15, 0.2) is 0 Å². The summed E-state index contributed by atoms with van der Waals surface area (Å²) < 4.78 is 17.6. The lowest BCUT2D eigenvalue weighted by Crippen LogP contribution is -2.06. The molecule has 66 valence electrons. The van der Waals surface area contributed by atoms with Crippen molar-refractivity contribution in [2.24, 2.45) is 0 Å². The first-order valence-corrected chi connectivity index (χ1v) is 3.67. The van der Waals surface area contributed by atoms with Gasteiger partial charge in [-0.2, -0.15) is 0 Å². The minimum Gasteiger partial charge on any atom is -0.386 e. The Balaban J connectivity index is 2.79. The maximum atomic E-state index is 12.9. The van der Waals surface area contributed by atoms with Crippen LogP contribution in [0.1, 0.15) is 11.7 Å². The second-order valence-corrected chi connectivity index (χ2v) is 2.49. The monoisotopic (exact) mass is 170 g/mol. The van der Waals surface area contributed by atoms with Gasteiger partial charge < -0.3 is 9.84 Å². The average molecular weight is 170 g/mol. The first-order chi connectivity index (χ1) is 5.75. The summed E-state index contributed by atoms with van der Waals surface area (Å²) in [5, 5.41) is 9.34. The number of hydrogen-bond acceptors (Lipinski definition) is 2. The molecule has 0 aliphatic carbocycles. The standard InChI is InChI=1S/C9H11FO2/c1-12-6-9(11)7-4-2-3-5-8(7)10/h2-5,9,11H,6H2,1H3/t9-/m1/s1. The van der Waals surface area contributed by atoms with E-state index in [0.29, 0.717) is 0 Å². The van der Waals surface area contributed by atoms with Crippen molar-refractivity contribution in [3.8, 4) is 0 Å². The molecule has 0 aromatic heterocycles. The van der Waals surface area contributed by atoms with E-state index in [2.05, 4.69) is 0 Å². The van der Waals surface area contributed by atoms with Crippen LogP contribution in [0.25, 0.3) is 0 Å². The number of halogens is 1. The van der Waals surface area contributed by atoms with Gasteiger partial charge in [-0.3, -0.25) is 0 Å². The van der Waals surface area contributed by atoms with E-state index in [1.165, 1.54) is 13.2 Å². The molecule has 12 heavy (non-hydrogen) atoms. The first-order valence-electron chi connectivity index (χ1n) is 3.67. The van der Waals surface area contributed by atoms with Crippen molar-refractivity contribution in [1.82, 2.24) is 0 Å². The predicted octanol–water partition coefficient (Wildman–Crippen LogP) is 1.51. The highest BCUT2D eigenvalue weighted by Crippen LogP contribution is 2.16. The Labute approximate surface area is 70.6 Å². The van der Waals surface area contributed by atoms with Crippen LogP contribution in [-0.2, 0) is 4.74 Å². The molecule has 1 aromatic rings. The highest BCUT2D eigenvalue weighted by molar-refractivity contribution is 5.19. The normalized spacial score (nSPS) is 12.9. The summed E-state index contributed by atoms with van der Waals surface area (Å²) in [5.41, 5.74) is 0.277. The highest BCUT2D eigenvalue weighted by atomic mass is 19.1. The van der Waals surface area contributed by atoms with Crippen molar-refractivity contribution < 1.29 is 14.2 Å². The Bertz CT molecular complexity index is 250.